The third-order valence-electron chi connectivity index (χ3n) is 2.62. The summed E-state index contributed by atoms with van der Waals surface area (Å²) in [6.07, 6.45) is 5.65. The first-order chi connectivity index (χ1) is 4.72. The molecular weight excluding hydrogens is 120 g/mol. The highest BCUT2D eigenvalue weighted by Gasteiger charge is 2.19. The van der Waals surface area contributed by atoms with Crippen LogP contribution in [0.3, 0.4) is 0 Å². The van der Waals surface area contributed by atoms with E-state index in [1.807, 2.05) is 0 Å². The summed E-state index contributed by atoms with van der Waals surface area (Å²) in [5, 5.41) is 0. The Morgan fingerprint density at radius 3 is 2.20 bits per heavy atom. The monoisotopic (exact) mass is 138 g/mol. The van der Waals surface area contributed by atoms with E-state index in [2.05, 4.69) is 20.4 Å². The van der Waals surface area contributed by atoms with Crippen molar-refractivity contribution >= 4 is 0 Å². The summed E-state index contributed by atoms with van der Waals surface area (Å²) in [6, 6.07) is 0. The predicted molar refractivity (Wildman–Crippen MR) is 45.9 cm³/mol. The average Bonchev–Trinajstić information content (AvgIpc) is 2.36. The maximum Gasteiger partial charge on any atom is -0.0203 e. The lowest BCUT2D eigenvalue weighted by atomic mass is 9.90. The number of rotatable bonds is 2. The van der Waals surface area contributed by atoms with E-state index >= 15 is 0 Å². The minimum atomic E-state index is 0.697. The highest BCUT2D eigenvalue weighted by atomic mass is 14.2. The van der Waals surface area contributed by atoms with Gasteiger partial charge in [-0.2, -0.15) is 0 Å². The maximum absolute atomic E-state index is 4.14. The van der Waals surface area contributed by atoms with E-state index in [0.717, 1.165) is 5.92 Å². The lowest BCUT2D eigenvalue weighted by Gasteiger charge is -2.15. The summed E-state index contributed by atoms with van der Waals surface area (Å²) in [6.45, 7) is 8.64. The molecule has 0 heteroatoms. The van der Waals surface area contributed by atoms with Gasteiger partial charge < -0.3 is 0 Å². The van der Waals surface area contributed by atoms with Crippen LogP contribution in [0.4, 0.5) is 0 Å². The van der Waals surface area contributed by atoms with Crippen molar-refractivity contribution in [3.05, 3.63) is 12.2 Å². The minimum absolute atomic E-state index is 0.697. The molecule has 0 N–H and O–H groups in total. The molecule has 0 unspecified atom stereocenters. The Bertz CT molecular complexity index is 116. The minimum Gasteiger partial charge on any atom is -0.0993 e. The molecule has 0 aromatic carbocycles. The zero-order chi connectivity index (χ0) is 7.56. The van der Waals surface area contributed by atoms with Crippen molar-refractivity contribution in [2.24, 2.45) is 11.8 Å². The quantitative estimate of drug-likeness (QED) is 0.513. The molecule has 0 atom stereocenters. The number of allylic oxidation sites excluding steroid dienone is 1. The maximum atomic E-state index is 4.14. The van der Waals surface area contributed by atoms with E-state index in [-0.39, 0.29) is 0 Å². The molecule has 0 saturated heterocycles. The lowest BCUT2D eigenvalue weighted by Crippen LogP contribution is -2.03. The van der Waals surface area contributed by atoms with Gasteiger partial charge in [0.1, 0.15) is 0 Å². The average molecular weight is 138 g/mol. The Balaban J connectivity index is 2.40. The van der Waals surface area contributed by atoms with E-state index in [9.17, 15) is 0 Å². The van der Waals surface area contributed by atoms with Crippen LogP contribution < -0.4 is 0 Å². The molecule has 1 fully saturated rings. The summed E-state index contributed by atoms with van der Waals surface area (Å²) < 4.78 is 0. The Kier molecular flexibility index (Phi) is 2.53. The summed E-state index contributed by atoms with van der Waals surface area (Å²) in [7, 11) is 0. The van der Waals surface area contributed by atoms with Gasteiger partial charge in [-0.1, -0.05) is 38.8 Å². The van der Waals surface area contributed by atoms with Crippen LogP contribution in [0, 0.1) is 11.8 Å². The van der Waals surface area contributed by atoms with Gasteiger partial charge in [0.05, 0.1) is 0 Å². The molecule has 0 nitrogen and oxygen atoms in total. The van der Waals surface area contributed by atoms with Gasteiger partial charge in [0.15, 0.2) is 0 Å². The van der Waals surface area contributed by atoms with Crippen molar-refractivity contribution in [3.8, 4) is 0 Å². The molecule has 0 spiro atoms. The van der Waals surface area contributed by atoms with E-state index in [1.54, 1.807) is 0 Å². The van der Waals surface area contributed by atoms with E-state index < -0.39 is 0 Å². The van der Waals surface area contributed by atoms with Crippen LogP contribution >= 0.6 is 0 Å². The van der Waals surface area contributed by atoms with Crippen molar-refractivity contribution in [2.45, 2.75) is 39.5 Å². The fraction of sp³-hybridized carbons (Fsp3) is 0.800. The Morgan fingerprint density at radius 2 is 1.80 bits per heavy atom. The first-order valence-corrected chi connectivity index (χ1v) is 4.40. The van der Waals surface area contributed by atoms with Gasteiger partial charge in [-0.3, -0.25) is 0 Å². The molecule has 0 bridgehead atoms. The summed E-state index contributed by atoms with van der Waals surface area (Å²) in [5.41, 5.74) is 1.48. The molecule has 1 aliphatic carbocycles. The fourth-order valence-corrected chi connectivity index (χ4v) is 1.77. The molecule has 1 rings (SSSR count). The van der Waals surface area contributed by atoms with Gasteiger partial charge in [-0.05, 0) is 24.7 Å². The second kappa shape index (κ2) is 3.23. The zero-order valence-corrected chi connectivity index (χ0v) is 7.19. The number of hydrogen-bond donors (Lipinski definition) is 0. The topological polar surface area (TPSA) is 0 Å². The standard InChI is InChI=1S/C10H18/c1-8(2)9(3)10-6-4-5-7-10/h8,10H,3-7H2,1-2H3. The van der Waals surface area contributed by atoms with Gasteiger partial charge in [0.25, 0.3) is 0 Å². The van der Waals surface area contributed by atoms with Crippen LogP contribution in [-0.4, -0.2) is 0 Å². The molecule has 0 aromatic heterocycles. The van der Waals surface area contributed by atoms with E-state index in [4.69, 9.17) is 0 Å². The van der Waals surface area contributed by atoms with Crippen LogP contribution in [0.15, 0.2) is 12.2 Å². The van der Waals surface area contributed by atoms with E-state index in [1.165, 1.54) is 31.3 Å². The summed E-state index contributed by atoms with van der Waals surface area (Å²) in [4.78, 5) is 0. The van der Waals surface area contributed by atoms with Crippen molar-refractivity contribution < 1.29 is 0 Å². The molecular formula is C10H18. The second-order valence-corrected chi connectivity index (χ2v) is 3.71. The molecule has 58 valence electrons. The van der Waals surface area contributed by atoms with Gasteiger partial charge in [0.2, 0.25) is 0 Å². The van der Waals surface area contributed by atoms with Gasteiger partial charge in [-0.15, -0.1) is 0 Å². The SMILES string of the molecule is C=C(C(C)C)C1CCCC1. The molecule has 0 radical (unpaired) electrons. The molecule has 1 aliphatic rings. The molecule has 0 aliphatic heterocycles. The second-order valence-electron chi connectivity index (χ2n) is 3.71. The fourth-order valence-electron chi connectivity index (χ4n) is 1.77. The van der Waals surface area contributed by atoms with Crippen molar-refractivity contribution in [1.29, 1.82) is 0 Å². The van der Waals surface area contributed by atoms with Gasteiger partial charge >= 0.3 is 0 Å². The van der Waals surface area contributed by atoms with Gasteiger partial charge in [-0.25, -0.2) is 0 Å². The highest BCUT2D eigenvalue weighted by molar-refractivity contribution is 5.04. The molecule has 0 amide bonds. The first-order valence-electron chi connectivity index (χ1n) is 4.40. The van der Waals surface area contributed by atoms with Crippen LogP contribution in [0.25, 0.3) is 0 Å². The molecule has 0 aromatic rings. The molecule has 1 saturated carbocycles. The first kappa shape index (κ1) is 7.84. The summed E-state index contributed by atoms with van der Waals surface area (Å²) >= 11 is 0. The van der Waals surface area contributed by atoms with Crippen molar-refractivity contribution in [2.75, 3.05) is 0 Å². The normalized spacial score (nSPS) is 20.3. The molecule has 0 heterocycles. The smallest absolute Gasteiger partial charge is 0.0203 e. The Hall–Kier alpha value is -0.260. The number of hydrogen-bond acceptors (Lipinski definition) is 0. The van der Waals surface area contributed by atoms with E-state index in [0.29, 0.717) is 5.92 Å². The Morgan fingerprint density at radius 1 is 1.30 bits per heavy atom. The van der Waals surface area contributed by atoms with Gasteiger partial charge in [0, 0.05) is 0 Å². The van der Waals surface area contributed by atoms with Crippen molar-refractivity contribution in [3.63, 3.8) is 0 Å². The third kappa shape index (κ3) is 1.62. The lowest BCUT2D eigenvalue weighted by molar-refractivity contribution is 0.561. The Labute approximate surface area is 64.3 Å². The van der Waals surface area contributed by atoms with Crippen LogP contribution in [0.5, 0.6) is 0 Å². The van der Waals surface area contributed by atoms with Crippen molar-refractivity contribution in [1.82, 2.24) is 0 Å². The predicted octanol–water partition coefficient (Wildman–Crippen LogP) is 3.39. The largest absolute Gasteiger partial charge is 0.0993 e. The highest BCUT2D eigenvalue weighted by Crippen LogP contribution is 2.33. The van der Waals surface area contributed by atoms with Crippen LogP contribution in [0.1, 0.15) is 39.5 Å². The van der Waals surface area contributed by atoms with Crippen LogP contribution in [-0.2, 0) is 0 Å². The summed E-state index contributed by atoms with van der Waals surface area (Å²) in [5.74, 6) is 1.56. The zero-order valence-electron chi connectivity index (χ0n) is 7.19. The molecule has 10 heavy (non-hydrogen) atoms. The van der Waals surface area contributed by atoms with Crippen LogP contribution in [0.2, 0.25) is 0 Å². The third-order valence-corrected chi connectivity index (χ3v) is 2.62.